The van der Waals surface area contributed by atoms with Gasteiger partial charge in [-0.15, -0.1) is 0 Å². The number of rotatable bonds is 7. The third-order valence-electron chi connectivity index (χ3n) is 7.47. The molecule has 0 radical (unpaired) electrons. The van der Waals surface area contributed by atoms with Crippen LogP contribution in [0.2, 0.25) is 0 Å². The predicted molar refractivity (Wildman–Crippen MR) is 132 cm³/mol. The van der Waals surface area contributed by atoms with Crippen LogP contribution in [0.25, 0.3) is 5.57 Å². The summed E-state index contributed by atoms with van der Waals surface area (Å²) in [6, 6.07) is 7.81. The Bertz CT molecular complexity index is 960. The van der Waals surface area contributed by atoms with Crippen LogP contribution in [0.15, 0.2) is 30.3 Å². The van der Waals surface area contributed by atoms with Crippen LogP contribution in [0.5, 0.6) is 0 Å². The number of ether oxygens (including phenoxy) is 1. The van der Waals surface area contributed by atoms with Crippen molar-refractivity contribution in [2.75, 3.05) is 0 Å². The quantitative estimate of drug-likeness (QED) is 0.610. The smallest absolute Gasteiger partial charge is 0.411 e. The standard InChI is InChI=1S/C28H38N2O4/c1-28(2,3)34-27(33)30-23-14-13-21(16-23)25(30)24(31)17-22(26(29)32)15-18-9-11-20(12-10-18)19-7-5-4-6-8-19/h7,9-12,21-23,25H,4-6,8,13-17H2,1-3H3,(H2,29,32)/t21-,22+,23+,25-/m0/s1. The van der Waals surface area contributed by atoms with Gasteiger partial charge in [-0.2, -0.15) is 0 Å². The molecule has 34 heavy (non-hydrogen) atoms. The summed E-state index contributed by atoms with van der Waals surface area (Å²) in [6.45, 7) is 5.49. The van der Waals surface area contributed by atoms with Gasteiger partial charge in [-0.3, -0.25) is 14.5 Å². The molecule has 1 aromatic carbocycles. The zero-order valence-corrected chi connectivity index (χ0v) is 20.7. The molecule has 4 rings (SSSR count). The maximum atomic E-state index is 13.4. The number of amides is 2. The summed E-state index contributed by atoms with van der Waals surface area (Å²) in [4.78, 5) is 40.2. The van der Waals surface area contributed by atoms with Gasteiger partial charge in [0.1, 0.15) is 5.60 Å². The molecule has 1 saturated heterocycles. The fourth-order valence-electron chi connectivity index (χ4n) is 5.86. The van der Waals surface area contributed by atoms with Crippen molar-refractivity contribution >= 4 is 23.4 Å². The zero-order valence-electron chi connectivity index (χ0n) is 20.7. The number of fused-ring (bicyclic) bond motifs is 2. The molecular formula is C28H38N2O4. The number of primary amides is 1. The van der Waals surface area contributed by atoms with Gasteiger partial charge in [0, 0.05) is 18.4 Å². The Balaban J connectivity index is 1.44. The minimum atomic E-state index is -0.623. The molecule has 3 aliphatic rings. The van der Waals surface area contributed by atoms with Gasteiger partial charge < -0.3 is 10.5 Å². The molecule has 1 aromatic rings. The molecule has 0 unspecified atom stereocenters. The first-order valence-electron chi connectivity index (χ1n) is 12.7. The molecule has 2 aliphatic carbocycles. The summed E-state index contributed by atoms with van der Waals surface area (Å²) in [5.41, 5.74) is 8.71. The molecule has 2 fully saturated rings. The summed E-state index contributed by atoms with van der Waals surface area (Å²) in [5, 5.41) is 0. The number of nitrogens with two attached hydrogens (primary N) is 1. The Kier molecular flexibility index (Phi) is 7.15. The molecule has 2 amide bonds. The first-order valence-corrected chi connectivity index (χ1v) is 12.7. The second-order valence-corrected chi connectivity index (χ2v) is 11.2. The van der Waals surface area contributed by atoms with Crippen molar-refractivity contribution < 1.29 is 19.1 Å². The average molecular weight is 467 g/mol. The van der Waals surface area contributed by atoms with Crippen LogP contribution in [-0.2, 0) is 20.7 Å². The van der Waals surface area contributed by atoms with Crippen LogP contribution in [0.3, 0.4) is 0 Å². The largest absolute Gasteiger partial charge is 0.444 e. The number of nitrogens with zero attached hydrogens (tertiary/aromatic N) is 1. The van der Waals surface area contributed by atoms with Gasteiger partial charge in [0.15, 0.2) is 5.78 Å². The lowest BCUT2D eigenvalue weighted by molar-refractivity contribution is -0.131. The lowest BCUT2D eigenvalue weighted by Crippen LogP contribution is -2.51. The lowest BCUT2D eigenvalue weighted by atomic mass is 9.86. The van der Waals surface area contributed by atoms with E-state index in [4.69, 9.17) is 10.5 Å². The third-order valence-corrected chi connectivity index (χ3v) is 7.47. The highest BCUT2D eigenvalue weighted by molar-refractivity contribution is 5.92. The van der Waals surface area contributed by atoms with E-state index in [0.717, 1.165) is 37.7 Å². The van der Waals surface area contributed by atoms with Crippen LogP contribution >= 0.6 is 0 Å². The number of hydrogen-bond acceptors (Lipinski definition) is 4. The first-order chi connectivity index (χ1) is 16.1. The van der Waals surface area contributed by atoms with Crippen LogP contribution in [0.4, 0.5) is 4.79 Å². The maximum absolute atomic E-state index is 13.4. The summed E-state index contributed by atoms with van der Waals surface area (Å²) in [7, 11) is 0. The number of piperidine rings is 1. The second-order valence-electron chi connectivity index (χ2n) is 11.2. The fraction of sp³-hybridized carbons (Fsp3) is 0.607. The fourth-order valence-corrected chi connectivity index (χ4v) is 5.86. The molecule has 4 atom stereocenters. The van der Waals surface area contributed by atoms with Crippen molar-refractivity contribution in [1.29, 1.82) is 0 Å². The van der Waals surface area contributed by atoms with E-state index >= 15 is 0 Å². The Labute approximate surface area is 202 Å². The molecule has 0 aromatic heterocycles. The molecule has 2 bridgehead atoms. The maximum Gasteiger partial charge on any atom is 0.411 e. The minimum absolute atomic E-state index is 0.0439. The lowest BCUT2D eigenvalue weighted by Gasteiger charge is -2.36. The van der Waals surface area contributed by atoms with Crippen molar-refractivity contribution in [3.05, 3.63) is 41.5 Å². The van der Waals surface area contributed by atoms with Gasteiger partial charge >= 0.3 is 6.09 Å². The summed E-state index contributed by atoms with van der Waals surface area (Å²) in [5.74, 6) is -1.00. The van der Waals surface area contributed by atoms with E-state index in [0.29, 0.717) is 6.42 Å². The van der Waals surface area contributed by atoms with E-state index in [1.807, 2.05) is 32.9 Å². The molecule has 0 spiro atoms. The minimum Gasteiger partial charge on any atom is -0.444 e. The van der Waals surface area contributed by atoms with Crippen LogP contribution in [0, 0.1) is 11.8 Å². The molecule has 1 heterocycles. The van der Waals surface area contributed by atoms with Gasteiger partial charge in [0.25, 0.3) is 0 Å². The van der Waals surface area contributed by atoms with Crippen molar-refractivity contribution in [3.63, 3.8) is 0 Å². The van der Waals surface area contributed by atoms with Crippen molar-refractivity contribution in [2.24, 2.45) is 17.6 Å². The number of carbonyl (C=O) groups excluding carboxylic acids is 3. The SMILES string of the molecule is CC(C)(C)OC(=O)N1[C@@H]2CC[C@@H](C2)[C@H]1C(=O)C[C@@H](Cc1ccc(C2=CCCCC2)cc1)C(N)=O. The number of carbonyl (C=O) groups is 3. The molecule has 6 heteroatoms. The Morgan fingerprint density at radius 2 is 1.85 bits per heavy atom. The molecular weight excluding hydrogens is 428 g/mol. The highest BCUT2D eigenvalue weighted by atomic mass is 16.6. The van der Waals surface area contributed by atoms with E-state index < -0.39 is 29.6 Å². The summed E-state index contributed by atoms with van der Waals surface area (Å²) < 4.78 is 5.60. The molecule has 2 N–H and O–H groups in total. The number of benzene rings is 1. The van der Waals surface area contributed by atoms with Crippen molar-refractivity contribution in [1.82, 2.24) is 4.90 Å². The van der Waals surface area contributed by atoms with Gasteiger partial charge in [-0.25, -0.2) is 4.79 Å². The van der Waals surface area contributed by atoms with Crippen LogP contribution < -0.4 is 5.73 Å². The van der Waals surface area contributed by atoms with E-state index in [2.05, 4.69) is 18.2 Å². The van der Waals surface area contributed by atoms with Crippen LogP contribution in [-0.4, -0.2) is 40.4 Å². The van der Waals surface area contributed by atoms with Gasteiger partial charge in [-0.1, -0.05) is 30.3 Å². The van der Waals surface area contributed by atoms with E-state index in [1.54, 1.807) is 4.90 Å². The van der Waals surface area contributed by atoms with Crippen molar-refractivity contribution in [3.8, 4) is 0 Å². The summed E-state index contributed by atoms with van der Waals surface area (Å²) >= 11 is 0. The number of ketones is 1. The number of allylic oxidation sites excluding steroid dienone is 2. The molecule has 1 aliphatic heterocycles. The normalized spacial score (nSPS) is 25.1. The topological polar surface area (TPSA) is 89.7 Å². The Morgan fingerprint density at radius 1 is 1.12 bits per heavy atom. The highest BCUT2D eigenvalue weighted by Crippen LogP contribution is 2.44. The number of Topliss-reactive ketones (excluding diaryl/α,β-unsaturated/α-hetero) is 1. The van der Waals surface area contributed by atoms with Gasteiger partial charge in [-0.05, 0) is 94.8 Å². The van der Waals surface area contributed by atoms with Gasteiger partial charge in [0.05, 0.1) is 6.04 Å². The Hall–Kier alpha value is -2.63. The first kappa shape index (κ1) is 24.5. The van der Waals surface area contributed by atoms with Crippen LogP contribution in [0.1, 0.15) is 83.3 Å². The number of hydrogen-bond donors (Lipinski definition) is 1. The predicted octanol–water partition coefficient (Wildman–Crippen LogP) is 5.04. The second kappa shape index (κ2) is 9.93. The van der Waals surface area contributed by atoms with E-state index in [9.17, 15) is 14.4 Å². The molecule has 184 valence electrons. The zero-order chi connectivity index (χ0) is 24.5. The van der Waals surface area contributed by atoms with Crippen molar-refractivity contribution in [2.45, 2.75) is 96.2 Å². The highest BCUT2D eigenvalue weighted by Gasteiger charge is 2.52. The summed E-state index contributed by atoms with van der Waals surface area (Å²) in [6.07, 6.45) is 9.73. The van der Waals surface area contributed by atoms with Gasteiger partial charge in [0.2, 0.25) is 5.91 Å². The molecule has 1 saturated carbocycles. The monoisotopic (exact) mass is 466 g/mol. The van der Waals surface area contributed by atoms with E-state index in [1.165, 1.54) is 24.0 Å². The Morgan fingerprint density at radius 3 is 2.47 bits per heavy atom. The molecule has 6 nitrogen and oxygen atoms in total. The third kappa shape index (κ3) is 5.53. The van der Waals surface area contributed by atoms with E-state index in [-0.39, 0.29) is 24.2 Å². The number of likely N-dealkylation sites (tertiary alicyclic amines) is 1. The average Bonchev–Trinajstić information content (AvgIpc) is 3.40.